The van der Waals surface area contributed by atoms with Gasteiger partial charge in [-0.05, 0) is 44.4 Å². The normalized spacial score (nSPS) is 17.3. The molecule has 4 rings (SSSR count). The van der Waals surface area contributed by atoms with Crippen molar-refractivity contribution in [2.75, 3.05) is 0 Å². The van der Waals surface area contributed by atoms with Crippen molar-refractivity contribution in [2.24, 2.45) is 0 Å². The number of hydrogen-bond acceptors (Lipinski definition) is 8. The molecule has 11 nitrogen and oxygen atoms in total. The second kappa shape index (κ2) is 15.2. The zero-order valence-electron chi connectivity index (χ0n) is 26.3. The van der Waals surface area contributed by atoms with Crippen molar-refractivity contribution < 1.29 is 38.2 Å². The molecule has 1 heterocycles. The highest BCUT2D eigenvalue weighted by atomic mass is 16.6. The molecule has 0 spiro atoms. The van der Waals surface area contributed by atoms with Crippen LogP contribution in [0.5, 0.6) is 0 Å². The molecule has 4 amide bonds. The van der Waals surface area contributed by atoms with Gasteiger partial charge in [0.25, 0.3) is 5.91 Å². The van der Waals surface area contributed by atoms with Crippen LogP contribution in [0.25, 0.3) is 0 Å². The first-order chi connectivity index (χ1) is 21.9. The van der Waals surface area contributed by atoms with E-state index in [0.29, 0.717) is 11.1 Å². The number of hydrogen-bond donors (Lipinski definition) is 2. The minimum Gasteiger partial charge on any atom is -0.461 e. The Labute approximate surface area is 268 Å². The van der Waals surface area contributed by atoms with Crippen molar-refractivity contribution in [2.45, 2.75) is 77.0 Å². The number of benzene rings is 3. The summed E-state index contributed by atoms with van der Waals surface area (Å²) in [5.74, 6) is -2.11. The van der Waals surface area contributed by atoms with Gasteiger partial charge in [0.1, 0.15) is 24.4 Å². The van der Waals surface area contributed by atoms with Crippen molar-refractivity contribution in [3.63, 3.8) is 0 Å². The molecule has 0 unspecified atom stereocenters. The first-order valence-corrected chi connectivity index (χ1v) is 15.0. The number of carbonyl (C=O) groups is 5. The maximum atomic E-state index is 14.0. The van der Waals surface area contributed by atoms with E-state index in [1.807, 2.05) is 36.4 Å². The van der Waals surface area contributed by atoms with Crippen LogP contribution in [0.15, 0.2) is 91.0 Å². The minimum absolute atomic E-state index is 0.0192. The van der Waals surface area contributed by atoms with Gasteiger partial charge in [-0.2, -0.15) is 0 Å². The Morgan fingerprint density at radius 2 is 1.41 bits per heavy atom. The lowest BCUT2D eigenvalue weighted by Crippen LogP contribution is -2.57. The van der Waals surface area contributed by atoms with E-state index in [0.717, 1.165) is 10.5 Å². The predicted molar refractivity (Wildman–Crippen MR) is 168 cm³/mol. The molecule has 0 aliphatic carbocycles. The van der Waals surface area contributed by atoms with Gasteiger partial charge in [-0.1, -0.05) is 91.0 Å². The van der Waals surface area contributed by atoms with Gasteiger partial charge in [0.15, 0.2) is 6.04 Å². The van der Waals surface area contributed by atoms with Gasteiger partial charge in [-0.25, -0.2) is 14.5 Å². The third kappa shape index (κ3) is 9.40. The van der Waals surface area contributed by atoms with E-state index in [9.17, 15) is 24.0 Å². The molecule has 1 saturated heterocycles. The molecule has 242 valence electrons. The molecular formula is C35H39N3O8. The molecule has 0 aromatic heterocycles. The third-order valence-corrected chi connectivity index (χ3v) is 7.12. The van der Waals surface area contributed by atoms with E-state index in [1.54, 1.807) is 75.4 Å². The lowest BCUT2D eigenvalue weighted by Gasteiger charge is -2.28. The number of nitrogens with zero attached hydrogens (tertiary/aromatic N) is 1. The van der Waals surface area contributed by atoms with Crippen molar-refractivity contribution in [1.29, 1.82) is 0 Å². The summed E-state index contributed by atoms with van der Waals surface area (Å²) in [5, 5.41) is 5.38. The number of amides is 4. The number of carbonyl (C=O) groups excluding carboxylic acids is 5. The fraction of sp³-hybridized carbons (Fsp3) is 0.343. The smallest absolute Gasteiger partial charge is 0.417 e. The van der Waals surface area contributed by atoms with Crippen LogP contribution in [0.1, 0.15) is 56.8 Å². The summed E-state index contributed by atoms with van der Waals surface area (Å²) < 4.78 is 16.2. The predicted octanol–water partition coefficient (Wildman–Crippen LogP) is 4.85. The minimum atomic E-state index is -1.38. The van der Waals surface area contributed by atoms with Gasteiger partial charge >= 0.3 is 18.2 Å². The molecule has 46 heavy (non-hydrogen) atoms. The average Bonchev–Trinajstić information content (AvgIpc) is 3.32. The number of cyclic esters (lactones) is 1. The molecule has 1 fully saturated rings. The molecule has 0 saturated carbocycles. The number of esters is 1. The summed E-state index contributed by atoms with van der Waals surface area (Å²) in [4.78, 5) is 67.2. The summed E-state index contributed by atoms with van der Waals surface area (Å²) in [6.07, 6.45) is -3.09. The van der Waals surface area contributed by atoms with Gasteiger partial charge in [0, 0.05) is 6.42 Å². The molecule has 0 bridgehead atoms. The summed E-state index contributed by atoms with van der Waals surface area (Å²) in [6, 6.07) is 23.4. The lowest BCUT2D eigenvalue weighted by molar-refractivity contribution is -0.146. The topological polar surface area (TPSA) is 140 Å². The summed E-state index contributed by atoms with van der Waals surface area (Å²) in [6.45, 7) is 6.60. The number of imide groups is 1. The van der Waals surface area contributed by atoms with E-state index >= 15 is 0 Å². The van der Waals surface area contributed by atoms with E-state index in [4.69, 9.17) is 14.2 Å². The van der Waals surface area contributed by atoms with Crippen LogP contribution in [0.4, 0.5) is 9.59 Å². The van der Waals surface area contributed by atoms with Gasteiger partial charge < -0.3 is 24.8 Å². The number of nitrogens with one attached hydrogen (secondary N) is 2. The summed E-state index contributed by atoms with van der Waals surface area (Å²) in [7, 11) is 0. The highest BCUT2D eigenvalue weighted by Crippen LogP contribution is 2.25. The Balaban J connectivity index is 1.54. The highest BCUT2D eigenvalue weighted by molar-refractivity contribution is 6.03. The monoisotopic (exact) mass is 629 g/mol. The molecule has 3 aromatic carbocycles. The Hall–Kier alpha value is -5.19. The molecule has 1 aliphatic heterocycles. The molecule has 2 N–H and O–H groups in total. The van der Waals surface area contributed by atoms with Crippen LogP contribution < -0.4 is 10.6 Å². The Morgan fingerprint density at radius 3 is 2.00 bits per heavy atom. The van der Waals surface area contributed by atoms with Crippen LogP contribution >= 0.6 is 0 Å². The second-order valence-corrected chi connectivity index (χ2v) is 12.0. The molecule has 1 aliphatic rings. The molecule has 4 atom stereocenters. The number of ether oxygens (including phenoxy) is 3. The van der Waals surface area contributed by atoms with Crippen molar-refractivity contribution in [3.8, 4) is 0 Å². The molecule has 11 heteroatoms. The van der Waals surface area contributed by atoms with Gasteiger partial charge in [-0.15, -0.1) is 0 Å². The number of rotatable bonds is 11. The van der Waals surface area contributed by atoms with Crippen LogP contribution in [0.2, 0.25) is 0 Å². The van der Waals surface area contributed by atoms with Crippen molar-refractivity contribution >= 4 is 30.0 Å². The Bertz CT molecular complexity index is 1510. The van der Waals surface area contributed by atoms with E-state index in [-0.39, 0.29) is 19.4 Å². The van der Waals surface area contributed by atoms with E-state index in [2.05, 4.69) is 10.6 Å². The molecular weight excluding hydrogens is 590 g/mol. The van der Waals surface area contributed by atoms with Crippen LogP contribution in [0.3, 0.4) is 0 Å². The van der Waals surface area contributed by atoms with Crippen molar-refractivity contribution in [3.05, 3.63) is 108 Å². The summed E-state index contributed by atoms with van der Waals surface area (Å²) >= 11 is 0. The second-order valence-electron chi connectivity index (χ2n) is 12.0. The quantitative estimate of drug-likeness (QED) is 0.227. The largest absolute Gasteiger partial charge is 0.461 e. The molecule has 0 radical (unpaired) electrons. The highest BCUT2D eigenvalue weighted by Gasteiger charge is 2.49. The van der Waals surface area contributed by atoms with Gasteiger partial charge in [0.05, 0.1) is 12.5 Å². The van der Waals surface area contributed by atoms with Crippen LogP contribution in [-0.2, 0) is 41.6 Å². The van der Waals surface area contributed by atoms with Crippen LogP contribution in [-0.4, -0.2) is 58.7 Å². The first kappa shape index (κ1) is 33.7. The van der Waals surface area contributed by atoms with Crippen molar-refractivity contribution in [1.82, 2.24) is 15.5 Å². The SMILES string of the molecule is C[C@@H]1OC(=O)N(C(=O)[C@H](Cc2ccccc2)NC(=O)OC(C)(C)C)[C@H]1C(=O)N[C@@H](CC(=O)OCc1ccccc1)c1ccccc1. The van der Waals surface area contributed by atoms with Gasteiger partial charge in [-0.3, -0.25) is 14.4 Å². The maximum absolute atomic E-state index is 14.0. The number of alkyl carbamates (subject to hydrolysis) is 1. The lowest BCUT2D eigenvalue weighted by atomic mass is 10.0. The summed E-state index contributed by atoms with van der Waals surface area (Å²) in [5.41, 5.74) is 1.29. The molecule has 3 aromatic rings. The fourth-order valence-electron chi connectivity index (χ4n) is 4.99. The average molecular weight is 630 g/mol. The van der Waals surface area contributed by atoms with E-state index in [1.165, 1.54) is 6.92 Å². The zero-order valence-corrected chi connectivity index (χ0v) is 26.3. The Kier molecular flexibility index (Phi) is 11.1. The Morgan fingerprint density at radius 1 is 0.848 bits per heavy atom. The third-order valence-electron chi connectivity index (χ3n) is 7.12. The zero-order chi connectivity index (χ0) is 33.3. The van der Waals surface area contributed by atoms with Gasteiger partial charge in [0.2, 0.25) is 5.91 Å². The van der Waals surface area contributed by atoms with E-state index < -0.39 is 59.8 Å². The fourth-order valence-corrected chi connectivity index (χ4v) is 4.99. The maximum Gasteiger partial charge on any atom is 0.417 e. The standard InChI is InChI=1S/C35H39N3O8/c1-23-30(31(40)36-27(26-18-12-7-13-19-26)21-29(39)44-22-25-16-10-6-11-17-25)38(34(43)45-23)32(41)28(20-24-14-8-5-9-15-24)37-33(42)46-35(2,3)4/h5-19,23,27-28,30H,20-22H2,1-4H3,(H,36,40)(H,37,42)/t23-,27-,28-,30+/m0/s1. The van der Waals surface area contributed by atoms with Crippen LogP contribution in [0, 0.1) is 0 Å². The first-order valence-electron chi connectivity index (χ1n) is 15.0.